The van der Waals surface area contributed by atoms with E-state index in [4.69, 9.17) is 0 Å². The van der Waals surface area contributed by atoms with Gasteiger partial charge < -0.3 is 5.32 Å². The molecule has 122 valence electrons. The highest BCUT2D eigenvalue weighted by Gasteiger charge is 2.22. The Morgan fingerprint density at radius 3 is 1.57 bits per heavy atom. The van der Waals surface area contributed by atoms with E-state index in [0.29, 0.717) is 0 Å². The molecule has 0 bridgehead atoms. The van der Waals surface area contributed by atoms with Crippen LogP contribution in [0.15, 0.2) is 0 Å². The van der Waals surface area contributed by atoms with Crippen LogP contribution in [-0.2, 0) is 0 Å². The number of benzene rings is 1. The molecule has 0 heterocycles. The summed E-state index contributed by atoms with van der Waals surface area (Å²) in [5, 5.41) is 3.07. The van der Waals surface area contributed by atoms with Crippen molar-refractivity contribution in [2.24, 2.45) is 5.92 Å². The Bertz CT molecular complexity index is 419. The molecule has 0 fully saturated rings. The largest absolute Gasteiger partial charge is 0.319 e. The first-order valence-corrected chi connectivity index (χ1v) is 6.70. The van der Waals surface area contributed by atoms with Crippen LogP contribution < -0.4 is 5.32 Å². The second-order valence-electron chi connectivity index (χ2n) is 4.36. The third-order valence-corrected chi connectivity index (χ3v) is 2.25. The lowest BCUT2D eigenvalue weighted by Crippen LogP contribution is -2.12. The Balaban J connectivity index is 0. The van der Waals surface area contributed by atoms with E-state index in [0.717, 1.165) is 19.4 Å². The zero-order valence-corrected chi connectivity index (χ0v) is 13.3. The van der Waals surface area contributed by atoms with Gasteiger partial charge in [-0.2, -0.15) is 0 Å². The molecule has 2 nitrogen and oxygen atoms in total. The van der Waals surface area contributed by atoms with E-state index < -0.39 is 34.4 Å². The van der Waals surface area contributed by atoms with Crippen molar-refractivity contribution in [2.45, 2.75) is 34.6 Å². The van der Waals surface area contributed by atoms with Gasteiger partial charge in [0.1, 0.15) is 0 Å². The first-order valence-electron chi connectivity index (χ1n) is 6.70. The Hall–Kier alpha value is -1.43. The molecule has 0 amide bonds. The lowest BCUT2D eigenvalue weighted by Gasteiger charge is -2.03. The molecule has 0 aliphatic rings. The fraction of sp³-hybridized carbons (Fsp3) is 0.533. The summed E-state index contributed by atoms with van der Waals surface area (Å²) in [5.74, 6) is -5.62. The molecule has 0 aliphatic heterocycles. The van der Waals surface area contributed by atoms with Crippen LogP contribution in [0.2, 0.25) is 0 Å². The summed E-state index contributed by atoms with van der Waals surface area (Å²) < 4.78 is 50.7. The minimum Gasteiger partial charge on any atom is -0.319 e. The Morgan fingerprint density at radius 1 is 1.00 bits per heavy atom. The van der Waals surface area contributed by atoms with E-state index in [1.165, 1.54) is 0 Å². The SMILES string of the molecule is CC.CNCC(C)C.Cc1c(F)c(F)c(C=O)c(F)c1F. The number of rotatable bonds is 3. The number of nitrogens with one attached hydrogen (secondary N) is 1. The Morgan fingerprint density at radius 2 is 1.38 bits per heavy atom. The molecule has 0 aliphatic carbocycles. The van der Waals surface area contributed by atoms with Gasteiger partial charge in [-0.15, -0.1) is 0 Å². The summed E-state index contributed by atoms with van der Waals surface area (Å²) in [4.78, 5) is 10.1. The molecule has 0 unspecified atom stereocenters. The van der Waals surface area contributed by atoms with Gasteiger partial charge in [0.15, 0.2) is 29.6 Å². The zero-order valence-electron chi connectivity index (χ0n) is 13.3. The van der Waals surface area contributed by atoms with Gasteiger partial charge in [0.2, 0.25) is 0 Å². The van der Waals surface area contributed by atoms with Crippen molar-refractivity contribution in [1.29, 1.82) is 0 Å². The van der Waals surface area contributed by atoms with E-state index in [2.05, 4.69) is 19.2 Å². The topological polar surface area (TPSA) is 29.1 Å². The normalized spacial score (nSPS) is 9.48. The van der Waals surface area contributed by atoms with Gasteiger partial charge in [0.25, 0.3) is 0 Å². The minimum atomic E-state index is -1.66. The number of carbonyl (C=O) groups is 1. The van der Waals surface area contributed by atoms with E-state index in [-0.39, 0.29) is 6.29 Å². The van der Waals surface area contributed by atoms with Crippen molar-refractivity contribution in [3.05, 3.63) is 34.4 Å². The standard InChI is InChI=1S/C8H4F4O.C5H13N.C2H6/c1-3-5(9)7(11)4(2-13)8(12)6(3)10;1-5(2)4-6-3;1-2/h2H,1H3;5-6H,4H2,1-3H3;1-2H3. The van der Waals surface area contributed by atoms with Gasteiger partial charge >= 0.3 is 0 Å². The second kappa shape index (κ2) is 11.3. The molecule has 0 aromatic heterocycles. The number of aldehydes is 1. The summed E-state index contributed by atoms with van der Waals surface area (Å²) >= 11 is 0. The van der Waals surface area contributed by atoms with Gasteiger partial charge in [0.05, 0.1) is 5.56 Å². The maximum Gasteiger partial charge on any atom is 0.172 e. The Kier molecular flexibility index (Phi) is 11.7. The molecule has 21 heavy (non-hydrogen) atoms. The average Bonchev–Trinajstić information content (AvgIpc) is 2.46. The van der Waals surface area contributed by atoms with Crippen molar-refractivity contribution in [3.63, 3.8) is 0 Å². The van der Waals surface area contributed by atoms with E-state index in [9.17, 15) is 22.4 Å². The van der Waals surface area contributed by atoms with Crippen LogP contribution in [0.5, 0.6) is 0 Å². The first kappa shape index (κ1) is 21.9. The molecular formula is C15H23F4NO. The summed E-state index contributed by atoms with van der Waals surface area (Å²) in [5.41, 5.74) is -2.00. The van der Waals surface area contributed by atoms with Crippen molar-refractivity contribution >= 4 is 6.29 Å². The van der Waals surface area contributed by atoms with E-state index >= 15 is 0 Å². The van der Waals surface area contributed by atoms with Crippen molar-refractivity contribution in [3.8, 4) is 0 Å². The smallest absolute Gasteiger partial charge is 0.172 e. The highest BCUT2D eigenvalue weighted by Crippen LogP contribution is 2.21. The summed E-state index contributed by atoms with van der Waals surface area (Å²) in [6.45, 7) is 10.4. The molecule has 1 aromatic carbocycles. The van der Waals surface area contributed by atoms with Crippen LogP contribution in [-0.4, -0.2) is 19.9 Å². The van der Waals surface area contributed by atoms with Crippen LogP contribution in [0, 0.1) is 36.1 Å². The fourth-order valence-corrected chi connectivity index (χ4v) is 1.27. The number of hydrogen-bond acceptors (Lipinski definition) is 2. The van der Waals surface area contributed by atoms with Crippen LogP contribution in [0.3, 0.4) is 0 Å². The van der Waals surface area contributed by atoms with Crippen molar-refractivity contribution in [1.82, 2.24) is 5.32 Å². The molecule has 6 heteroatoms. The van der Waals surface area contributed by atoms with Crippen LogP contribution >= 0.6 is 0 Å². The second-order valence-corrected chi connectivity index (χ2v) is 4.36. The van der Waals surface area contributed by atoms with Gasteiger partial charge in [0, 0.05) is 5.56 Å². The molecule has 1 N–H and O–H groups in total. The Labute approximate surface area is 123 Å². The predicted molar refractivity (Wildman–Crippen MR) is 76.5 cm³/mol. The fourth-order valence-electron chi connectivity index (χ4n) is 1.27. The van der Waals surface area contributed by atoms with E-state index in [1.54, 1.807) is 0 Å². The first-order chi connectivity index (χ1) is 9.77. The molecule has 1 rings (SSSR count). The highest BCUT2D eigenvalue weighted by atomic mass is 19.2. The van der Waals surface area contributed by atoms with Crippen LogP contribution in [0.1, 0.15) is 43.6 Å². The number of halogens is 4. The van der Waals surface area contributed by atoms with Crippen LogP contribution in [0.25, 0.3) is 0 Å². The zero-order chi connectivity index (χ0) is 17.2. The minimum absolute atomic E-state index is 0.268. The average molecular weight is 309 g/mol. The third kappa shape index (κ3) is 6.71. The molecule has 0 spiro atoms. The monoisotopic (exact) mass is 309 g/mol. The van der Waals surface area contributed by atoms with Crippen molar-refractivity contribution < 1.29 is 22.4 Å². The van der Waals surface area contributed by atoms with Gasteiger partial charge in [-0.25, -0.2) is 17.6 Å². The molecule has 0 saturated carbocycles. The quantitative estimate of drug-likeness (QED) is 0.514. The number of hydrogen-bond donors (Lipinski definition) is 1. The molecule has 0 radical (unpaired) electrons. The number of carbonyl (C=O) groups excluding carboxylic acids is 1. The summed E-state index contributed by atoms with van der Waals surface area (Å²) in [6.07, 6.45) is -0.268. The molecule has 1 aromatic rings. The molecule has 0 atom stereocenters. The van der Waals surface area contributed by atoms with Gasteiger partial charge in [-0.05, 0) is 26.4 Å². The van der Waals surface area contributed by atoms with Gasteiger partial charge in [-0.3, -0.25) is 4.79 Å². The van der Waals surface area contributed by atoms with Gasteiger partial charge in [-0.1, -0.05) is 27.7 Å². The molecular weight excluding hydrogens is 286 g/mol. The maximum absolute atomic E-state index is 12.7. The predicted octanol–water partition coefficient (Wildman–Crippen LogP) is 4.25. The third-order valence-electron chi connectivity index (χ3n) is 2.25. The van der Waals surface area contributed by atoms with Crippen molar-refractivity contribution in [2.75, 3.05) is 13.6 Å². The lowest BCUT2D eigenvalue weighted by molar-refractivity contribution is 0.111. The maximum atomic E-state index is 12.7. The van der Waals surface area contributed by atoms with E-state index in [1.807, 2.05) is 20.9 Å². The highest BCUT2D eigenvalue weighted by molar-refractivity contribution is 5.76. The lowest BCUT2D eigenvalue weighted by atomic mass is 10.1. The summed E-state index contributed by atoms with van der Waals surface area (Å²) in [7, 11) is 1.97. The molecule has 0 saturated heterocycles. The summed E-state index contributed by atoms with van der Waals surface area (Å²) in [6, 6.07) is 0. The van der Waals surface area contributed by atoms with Crippen LogP contribution in [0.4, 0.5) is 17.6 Å².